The first kappa shape index (κ1) is 24.5. The van der Waals surface area contributed by atoms with E-state index < -0.39 is 41.3 Å². The van der Waals surface area contributed by atoms with Gasteiger partial charge in [0.1, 0.15) is 17.6 Å². The van der Waals surface area contributed by atoms with E-state index in [9.17, 15) is 27.5 Å². The van der Waals surface area contributed by atoms with Crippen molar-refractivity contribution >= 4 is 23.2 Å². The molecule has 4 aromatic rings. The number of hydrogen-bond acceptors (Lipinski definition) is 5. The Morgan fingerprint density at radius 2 is 2.09 bits per heavy atom. The highest BCUT2D eigenvalue weighted by atomic mass is 35.5. The summed E-state index contributed by atoms with van der Waals surface area (Å²) in [4.78, 5) is 13.2. The van der Waals surface area contributed by atoms with Gasteiger partial charge in [0, 0.05) is 18.6 Å². The van der Waals surface area contributed by atoms with Gasteiger partial charge in [0.05, 0.1) is 40.8 Å². The van der Waals surface area contributed by atoms with Crippen LogP contribution in [0.5, 0.6) is 0 Å². The van der Waals surface area contributed by atoms with Crippen LogP contribution in [0.4, 0.5) is 23.2 Å². The quantitative estimate of drug-likeness (QED) is 0.340. The fraction of sp³-hybridized carbons (Fsp3) is 0.227. The molecule has 0 saturated carbocycles. The summed E-state index contributed by atoms with van der Waals surface area (Å²) >= 11 is 5.83. The molecule has 3 heterocycles. The third-order valence-corrected chi connectivity index (χ3v) is 5.67. The maximum absolute atomic E-state index is 13.8. The normalized spacial score (nSPS) is 12.7. The third kappa shape index (κ3) is 4.80. The van der Waals surface area contributed by atoms with Crippen molar-refractivity contribution in [1.29, 1.82) is 0 Å². The van der Waals surface area contributed by atoms with E-state index in [-0.39, 0.29) is 17.8 Å². The topological polar surface area (TPSA) is 98.1 Å². The van der Waals surface area contributed by atoms with Gasteiger partial charge < -0.3 is 14.8 Å². The zero-order valence-corrected chi connectivity index (χ0v) is 18.8. The monoisotopic (exact) mass is 511 g/mol. The number of aliphatic hydroxyl groups is 1. The molecule has 0 saturated heterocycles. The molecule has 13 heteroatoms. The van der Waals surface area contributed by atoms with E-state index in [0.717, 1.165) is 4.68 Å². The Hall–Kier alpha value is -3.64. The van der Waals surface area contributed by atoms with E-state index in [4.69, 9.17) is 16.0 Å². The van der Waals surface area contributed by atoms with Gasteiger partial charge in [-0.2, -0.15) is 23.4 Å². The molecule has 0 radical (unpaired) electrons. The summed E-state index contributed by atoms with van der Waals surface area (Å²) in [6, 6.07) is 5.88. The molecule has 3 aromatic heterocycles. The van der Waals surface area contributed by atoms with Crippen LogP contribution in [0.15, 0.2) is 53.5 Å². The van der Waals surface area contributed by atoms with Gasteiger partial charge in [-0.05, 0) is 31.2 Å². The van der Waals surface area contributed by atoms with Crippen molar-refractivity contribution in [3.8, 4) is 16.9 Å². The number of amides is 1. The second kappa shape index (κ2) is 9.55. The molecule has 0 aliphatic rings. The smallest absolute Gasteiger partial charge is 0.436 e. The molecule has 184 valence electrons. The SMILES string of the molecule is Cc1c(Cl)c(C(F)(F)F)nn1C(CCO)C(=O)Nc1cnn(-c2cccc(F)c2)c1-c1ccoc1. The number of rotatable bonds is 7. The van der Waals surface area contributed by atoms with E-state index in [1.807, 2.05) is 0 Å². The lowest BCUT2D eigenvalue weighted by molar-refractivity contribution is -0.141. The minimum atomic E-state index is -4.83. The maximum Gasteiger partial charge on any atom is 0.436 e. The van der Waals surface area contributed by atoms with Gasteiger partial charge in [0.25, 0.3) is 0 Å². The molecule has 1 aromatic carbocycles. The standard InChI is InChI=1S/C22H18ClF4N5O3/c1-12-18(23)20(22(25,26)27)30-31(12)17(5-7-33)21(34)29-16-10-28-32(15-4-2-3-14(24)9-15)19(16)13-6-8-35-11-13/h2-4,6,8-11,17,33H,5,7H2,1H3,(H,29,34). The van der Waals surface area contributed by atoms with Crippen molar-refractivity contribution in [3.63, 3.8) is 0 Å². The zero-order chi connectivity index (χ0) is 25.3. The summed E-state index contributed by atoms with van der Waals surface area (Å²) < 4.78 is 61.0. The number of furan rings is 1. The summed E-state index contributed by atoms with van der Waals surface area (Å²) in [6.45, 7) is 0.786. The van der Waals surface area contributed by atoms with E-state index in [1.54, 1.807) is 12.1 Å². The maximum atomic E-state index is 13.8. The number of nitrogens with one attached hydrogen (secondary N) is 1. The number of halogens is 5. The molecular weight excluding hydrogens is 494 g/mol. The molecule has 0 bridgehead atoms. The van der Waals surface area contributed by atoms with Crippen molar-refractivity contribution in [1.82, 2.24) is 19.6 Å². The van der Waals surface area contributed by atoms with Crippen molar-refractivity contribution in [3.05, 3.63) is 71.3 Å². The summed E-state index contributed by atoms with van der Waals surface area (Å²) in [5.74, 6) is -1.27. The van der Waals surface area contributed by atoms with Crippen LogP contribution in [0.25, 0.3) is 16.9 Å². The van der Waals surface area contributed by atoms with Crippen LogP contribution in [0.1, 0.15) is 23.9 Å². The molecule has 8 nitrogen and oxygen atoms in total. The Labute approximate surface area is 200 Å². The Morgan fingerprint density at radius 3 is 2.69 bits per heavy atom. The lowest BCUT2D eigenvalue weighted by Crippen LogP contribution is -2.29. The van der Waals surface area contributed by atoms with Crippen LogP contribution >= 0.6 is 11.6 Å². The summed E-state index contributed by atoms with van der Waals surface area (Å²) in [5.41, 5.74) is -0.0395. The zero-order valence-electron chi connectivity index (χ0n) is 18.1. The molecule has 0 spiro atoms. The highest BCUT2D eigenvalue weighted by Crippen LogP contribution is 2.37. The second-order valence-electron chi connectivity index (χ2n) is 7.52. The molecule has 1 amide bonds. The average molecular weight is 512 g/mol. The van der Waals surface area contributed by atoms with Crippen molar-refractivity contribution in [2.75, 3.05) is 11.9 Å². The largest absolute Gasteiger partial charge is 0.472 e. The first-order chi connectivity index (χ1) is 16.6. The lowest BCUT2D eigenvalue weighted by atomic mass is 10.1. The molecule has 0 fully saturated rings. The van der Waals surface area contributed by atoms with Crippen LogP contribution in [-0.4, -0.2) is 37.2 Å². The number of carbonyl (C=O) groups excluding carboxylic acids is 1. The Bertz CT molecular complexity index is 1350. The van der Waals surface area contributed by atoms with Gasteiger partial charge >= 0.3 is 6.18 Å². The molecule has 4 rings (SSSR count). The number of carbonyl (C=O) groups is 1. The van der Waals surface area contributed by atoms with E-state index in [2.05, 4.69) is 15.5 Å². The number of anilines is 1. The van der Waals surface area contributed by atoms with Gasteiger partial charge in [-0.25, -0.2) is 9.07 Å². The van der Waals surface area contributed by atoms with Crippen LogP contribution in [-0.2, 0) is 11.0 Å². The first-order valence-electron chi connectivity index (χ1n) is 10.2. The number of benzene rings is 1. The van der Waals surface area contributed by atoms with Crippen molar-refractivity contribution in [2.24, 2.45) is 0 Å². The predicted molar refractivity (Wildman–Crippen MR) is 118 cm³/mol. The van der Waals surface area contributed by atoms with Crippen molar-refractivity contribution < 1.29 is 31.9 Å². The third-order valence-electron chi connectivity index (χ3n) is 5.22. The number of hydrogen-bond donors (Lipinski definition) is 2. The number of nitrogens with zero attached hydrogens (tertiary/aromatic N) is 4. The van der Waals surface area contributed by atoms with E-state index in [0.29, 0.717) is 16.9 Å². The summed E-state index contributed by atoms with van der Waals surface area (Å²) in [6.07, 6.45) is -0.965. The molecule has 1 atom stereocenters. The summed E-state index contributed by atoms with van der Waals surface area (Å²) in [5, 5.41) is 19.2. The average Bonchev–Trinajstić information content (AvgIpc) is 3.52. The Morgan fingerprint density at radius 1 is 1.31 bits per heavy atom. The van der Waals surface area contributed by atoms with E-state index >= 15 is 0 Å². The minimum Gasteiger partial charge on any atom is -0.472 e. The number of aliphatic hydroxyl groups excluding tert-OH is 1. The van der Waals surface area contributed by atoms with Crippen LogP contribution in [0.2, 0.25) is 5.02 Å². The van der Waals surface area contributed by atoms with E-state index in [1.165, 1.54) is 48.5 Å². The van der Waals surface area contributed by atoms with Crippen LogP contribution in [0.3, 0.4) is 0 Å². The molecule has 35 heavy (non-hydrogen) atoms. The Kier molecular flexibility index (Phi) is 6.68. The number of alkyl halides is 3. The molecule has 1 unspecified atom stereocenters. The van der Waals surface area contributed by atoms with Gasteiger partial charge in [-0.15, -0.1) is 0 Å². The summed E-state index contributed by atoms with van der Waals surface area (Å²) in [7, 11) is 0. The fourth-order valence-corrected chi connectivity index (χ4v) is 3.84. The van der Waals surface area contributed by atoms with Crippen LogP contribution in [0, 0.1) is 12.7 Å². The molecule has 0 aliphatic carbocycles. The number of aromatic nitrogens is 4. The highest BCUT2D eigenvalue weighted by molar-refractivity contribution is 6.32. The fourth-order valence-electron chi connectivity index (χ4n) is 3.61. The highest BCUT2D eigenvalue weighted by Gasteiger charge is 2.39. The van der Waals surface area contributed by atoms with Crippen molar-refractivity contribution in [2.45, 2.75) is 25.6 Å². The first-order valence-corrected chi connectivity index (χ1v) is 10.6. The lowest BCUT2D eigenvalue weighted by Gasteiger charge is -2.18. The molecule has 0 aliphatic heterocycles. The predicted octanol–water partition coefficient (Wildman–Crippen LogP) is 5.01. The second-order valence-corrected chi connectivity index (χ2v) is 7.90. The van der Waals surface area contributed by atoms with Gasteiger partial charge in [0.2, 0.25) is 5.91 Å². The van der Waals surface area contributed by atoms with Gasteiger partial charge in [-0.1, -0.05) is 17.7 Å². The molecular formula is C22H18ClF4N5O3. The molecule has 2 N–H and O–H groups in total. The van der Waals surface area contributed by atoms with Crippen LogP contribution < -0.4 is 5.32 Å². The Balaban J connectivity index is 1.74. The minimum absolute atomic E-state index is 0.0851. The van der Waals surface area contributed by atoms with Gasteiger partial charge in [0.15, 0.2) is 5.69 Å². The van der Waals surface area contributed by atoms with Gasteiger partial charge in [-0.3, -0.25) is 9.48 Å².